The van der Waals surface area contributed by atoms with E-state index in [9.17, 15) is 14.7 Å². The van der Waals surface area contributed by atoms with Gasteiger partial charge in [0.1, 0.15) is 18.1 Å². The number of ether oxygens (including phenoxy) is 1. The third-order valence-corrected chi connectivity index (χ3v) is 5.85. The predicted molar refractivity (Wildman–Crippen MR) is 119 cm³/mol. The Kier molecular flexibility index (Phi) is 5.95. The van der Waals surface area contributed by atoms with E-state index in [1.54, 1.807) is 48.8 Å². The van der Waals surface area contributed by atoms with Crippen molar-refractivity contribution in [2.45, 2.75) is 12.6 Å². The standard InChI is InChI=1S/C24H20N2O4S/c1-2-12-30-18-9-7-17(8-10-18)22(27)20-21(19-6-4-13-31-19)26(24(29)23(20)28)15-16-5-3-11-25-14-16/h2-11,13-14,21,27H,1,12,15H2/b22-20+/t21-/m1/s1. The maximum absolute atomic E-state index is 13.0. The number of ketones is 1. The van der Waals surface area contributed by atoms with Crippen LogP contribution in [0.3, 0.4) is 0 Å². The molecule has 0 unspecified atom stereocenters. The highest BCUT2D eigenvalue weighted by Crippen LogP contribution is 2.41. The van der Waals surface area contributed by atoms with Gasteiger partial charge in [-0.05, 0) is 47.3 Å². The molecule has 0 saturated carbocycles. The second-order valence-corrected chi connectivity index (χ2v) is 7.91. The van der Waals surface area contributed by atoms with Gasteiger partial charge in [0, 0.05) is 29.4 Å². The third kappa shape index (κ3) is 4.13. The zero-order chi connectivity index (χ0) is 21.8. The Morgan fingerprint density at radius 1 is 1.19 bits per heavy atom. The number of carbonyl (C=O) groups is 2. The monoisotopic (exact) mass is 432 g/mol. The van der Waals surface area contributed by atoms with E-state index in [-0.39, 0.29) is 17.9 Å². The first-order valence-electron chi connectivity index (χ1n) is 9.65. The largest absolute Gasteiger partial charge is 0.507 e. The molecule has 31 heavy (non-hydrogen) atoms. The lowest BCUT2D eigenvalue weighted by Crippen LogP contribution is -2.28. The van der Waals surface area contributed by atoms with Crippen LogP contribution < -0.4 is 4.74 Å². The Morgan fingerprint density at radius 3 is 2.65 bits per heavy atom. The Bertz CT molecular complexity index is 1120. The first-order valence-corrected chi connectivity index (χ1v) is 10.5. The van der Waals surface area contributed by atoms with Crippen molar-refractivity contribution in [3.63, 3.8) is 0 Å². The number of thiophene rings is 1. The Labute approximate surface area is 183 Å². The quantitative estimate of drug-likeness (QED) is 0.260. The second kappa shape index (κ2) is 8.97. The van der Waals surface area contributed by atoms with E-state index in [2.05, 4.69) is 11.6 Å². The van der Waals surface area contributed by atoms with Gasteiger partial charge >= 0.3 is 0 Å². The van der Waals surface area contributed by atoms with Gasteiger partial charge < -0.3 is 14.7 Å². The van der Waals surface area contributed by atoms with Crippen molar-refractivity contribution in [1.82, 2.24) is 9.88 Å². The van der Waals surface area contributed by atoms with Gasteiger partial charge in [0.15, 0.2) is 0 Å². The number of carbonyl (C=O) groups excluding carboxylic acids is 2. The van der Waals surface area contributed by atoms with Gasteiger partial charge in [-0.1, -0.05) is 24.8 Å². The van der Waals surface area contributed by atoms with Crippen molar-refractivity contribution in [2.24, 2.45) is 0 Å². The number of rotatable bonds is 7. The van der Waals surface area contributed by atoms with E-state index in [4.69, 9.17) is 4.74 Å². The van der Waals surface area contributed by atoms with Gasteiger partial charge in [-0.2, -0.15) is 0 Å². The van der Waals surface area contributed by atoms with Crippen LogP contribution in [-0.2, 0) is 16.1 Å². The summed E-state index contributed by atoms with van der Waals surface area (Å²) in [7, 11) is 0. The third-order valence-electron chi connectivity index (χ3n) is 4.92. The van der Waals surface area contributed by atoms with Crippen molar-refractivity contribution in [3.05, 3.63) is 101 Å². The summed E-state index contributed by atoms with van der Waals surface area (Å²) >= 11 is 1.43. The number of hydrogen-bond donors (Lipinski definition) is 1. The number of Topliss-reactive ketones (excluding diaryl/α,β-unsaturated/α-hetero) is 1. The molecule has 1 aromatic carbocycles. The summed E-state index contributed by atoms with van der Waals surface area (Å²) in [6.45, 7) is 4.19. The van der Waals surface area contributed by atoms with Crippen molar-refractivity contribution in [2.75, 3.05) is 6.61 Å². The van der Waals surface area contributed by atoms with E-state index in [1.165, 1.54) is 16.2 Å². The average Bonchev–Trinajstić information content (AvgIpc) is 3.41. The smallest absolute Gasteiger partial charge is 0.295 e. The molecule has 0 aliphatic carbocycles. The minimum atomic E-state index is -0.702. The van der Waals surface area contributed by atoms with Crippen molar-refractivity contribution in [3.8, 4) is 5.75 Å². The highest BCUT2D eigenvalue weighted by molar-refractivity contribution is 7.10. The molecular weight excluding hydrogens is 412 g/mol. The SMILES string of the molecule is C=CCOc1ccc(/C(O)=C2\C(=O)C(=O)N(Cc3cccnc3)[C@@H]2c2cccs2)cc1. The molecule has 1 saturated heterocycles. The van der Waals surface area contributed by atoms with Crippen LogP contribution in [0.5, 0.6) is 5.75 Å². The summed E-state index contributed by atoms with van der Waals surface area (Å²) in [4.78, 5) is 32.3. The number of hydrogen-bond acceptors (Lipinski definition) is 6. The van der Waals surface area contributed by atoms with Crippen LogP contribution in [-0.4, -0.2) is 33.3 Å². The first-order chi connectivity index (χ1) is 15.1. The molecule has 1 aliphatic rings. The lowest BCUT2D eigenvalue weighted by molar-refractivity contribution is -0.140. The molecule has 6 nitrogen and oxygen atoms in total. The van der Waals surface area contributed by atoms with Crippen LogP contribution in [0.4, 0.5) is 0 Å². The molecule has 156 valence electrons. The summed E-state index contributed by atoms with van der Waals surface area (Å²) in [5, 5.41) is 12.9. The Hall–Kier alpha value is -3.71. The number of aliphatic hydroxyl groups is 1. The molecule has 1 aliphatic heterocycles. The highest BCUT2D eigenvalue weighted by Gasteiger charge is 2.46. The van der Waals surface area contributed by atoms with E-state index in [1.807, 2.05) is 23.6 Å². The van der Waals surface area contributed by atoms with Gasteiger partial charge in [-0.15, -0.1) is 11.3 Å². The number of aliphatic hydroxyl groups excluding tert-OH is 1. The molecule has 1 atom stereocenters. The highest BCUT2D eigenvalue weighted by atomic mass is 32.1. The number of benzene rings is 1. The van der Waals surface area contributed by atoms with Crippen LogP contribution >= 0.6 is 11.3 Å². The molecular formula is C24H20N2O4S. The summed E-state index contributed by atoms with van der Waals surface area (Å²) < 4.78 is 5.47. The molecule has 1 fully saturated rings. The lowest BCUT2D eigenvalue weighted by atomic mass is 9.99. The first kappa shape index (κ1) is 20.6. The fourth-order valence-electron chi connectivity index (χ4n) is 3.49. The van der Waals surface area contributed by atoms with Crippen LogP contribution in [0, 0.1) is 0 Å². The van der Waals surface area contributed by atoms with Gasteiger partial charge in [0.25, 0.3) is 11.7 Å². The molecule has 3 aromatic rings. The summed E-state index contributed by atoms with van der Waals surface area (Å²) in [5.41, 5.74) is 1.32. The fraction of sp³-hybridized carbons (Fsp3) is 0.125. The molecule has 7 heteroatoms. The van der Waals surface area contributed by atoms with E-state index < -0.39 is 17.7 Å². The second-order valence-electron chi connectivity index (χ2n) is 6.93. The lowest BCUT2D eigenvalue weighted by Gasteiger charge is -2.24. The molecule has 0 spiro atoms. The zero-order valence-electron chi connectivity index (χ0n) is 16.6. The molecule has 4 rings (SSSR count). The van der Waals surface area contributed by atoms with Gasteiger partial charge in [0.2, 0.25) is 0 Å². The molecule has 0 bridgehead atoms. The fourth-order valence-corrected chi connectivity index (χ4v) is 4.34. The van der Waals surface area contributed by atoms with Gasteiger partial charge in [0.05, 0.1) is 11.6 Å². The van der Waals surface area contributed by atoms with E-state index >= 15 is 0 Å². The minimum absolute atomic E-state index is 0.0797. The van der Waals surface area contributed by atoms with Crippen LogP contribution in [0.2, 0.25) is 0 Å². The average molecular weight is 433 g/mol. The molecule has 3 heterocycles. The molecule has 2 aromatic heterocycles. The molecule has 0 radical (unpaired) electrons. The number of aromatic nitrogens is 1. The van der Waals surface area contributed by atoms with Crippen LogP contribution in [0.15, 0.2) is 84.5 Å². The molecule has 1 N–H and O–H groups in total. The maximum atomic E-state index is 13.0. The summed E-state index contributed by atoms with van der Waals surface area (Å²) in [6.07, 6.45) is 4.95. The predicted octanol–water partition coefficient (Wildman–Crippen LogP) is 4.33. The minimum Gasteiger partial charge on any atom is -0.507 e. The number of likely N-dealkylation sites (tertiary alicyclic amines) is 1. The van der Waals surface area contributed by atoms with Crippen molar-refractivity contribution < 1.29 is 19.4 Å². The van der Waals surface area contributed by atoms with Gasteiger partial charge in [-0.3, -0.25) is 14.6 Å². The Balaban J connectivity index is 1.75. The zero-order valence-corrected chi connectivity index (χ0v) is 17.4. The van der Waals surface area contributed by atoms with E-state index in [0.717, 1.165) is 10.4 Å². The van der Waals surface area contributed by atoms with Crippen LogP contribution in [0.1, 0.15) is 22.0 Å². The summed E-state index contributed by atoms with van der Waals surface area (Å²) in [5.74, 6) is -0.939. The number of amides is 1. The van der Waals surface area contributed by atoms with Crippen molar-refractivity contribution >= 4 is 28.8 Å². The number of pyridine rings is 1. The summed E-state index contributed by atoms with van der Waals surface area (Å²) in [6, 6.07) is 13.4. The van der Waals surface area contributed by atoms with Crippen LogP contribution in [0.25, 0.3) is 5.76 Å². The van der Waals surface area contributed by atoms with Crippen molar-refractivity contribution in [1.29, 1.82) is 0 Å². The normalized spacial score (nSPS) is 17.7. The van der Waals surface area contributed by atoms with E-state index in [0.29, 0.717) is 17.9 Å². The maximum Gasteiger partial charge on any atom is 0.295 e. The molecule has 1 amide bonds. The Morgan fingerprint density at radius 2 is 2.00 bits per heavy atom. The van der Waals surface area contributed by atoms with Gasteiger partial charge in [-0.25, -0.2) is 0 Å². The topological polar surface area (TPSA) is 79.7 Å². The number of nitrogens with zero attached hydrogens (tertiary/aromatic N) is 2.